The highest BCUT2D eigenvalue weighted by molar-refractivity contribution is 14.1. The summed E-state index contributed by atoms with van der Waals surface area (Å²) in [4.78, 5) is 28.1. The van der Waals surface area contributed by atoms with E-state index in [2.05, 4.69) is 27.9 Å². The minimum absolute atomic E-state index is 0.210. The van der Waals surface area contributed by atoms with Crippen LogP contribution >= 0.6 is 69.8 Å². The van der Waals surface area contributed by atoms with Gasteiger partial charge in [-0.05, 0) is 101 Å². The third-order valence-electron chi connectivity index (χ3n) is 6.20. The Morgan fingerprint density at radius 2 is 1.86 bits per heavy atom. The zero-order valence-corrected chi connectivity index (χ0v) is 27.5. The first kappa shape index (κ1) is 31.3. The molecule has 4 aromatic carbocycles. The maximum atomic E-state index is 13.5. The summed E-state index contributed by atoms with van der Waals surface area (Å²) in [5.74, 6) is -0.109. The second kappa shape index (κ2) is 13.6. The number of nitrogens with zero attached hydrogens (tertiary/aromatic N) is 1. The van der Waals surface area contributed by atoms with Crippen LogP contribution in [0.2, 0.25) is 10.0 Å². The van der Waals surface area contributed by atoms with Crippen molar-refractivity contribution < 1.29 is 23.5 Å². The summed E-state index contributed by atoms with van der Waals surface area (Å²) in [6.45, 7) is 0.210. The van der Waals surface area contributed by atoms with E-state index in [4.69, 9.17) is 44.9 Å². The summed E-state index contributed by atoms with van der Waals surface area (Å²) in [6, 6.07) is 20.9. The Hall–Kier alpha value is -3.16. The summed E-state index contributed by atoms with van der Waals surface area (Å²) in [7, 11) is 1.54. The van der Waals surface area contributed by atoms with Crippen LogP contribution in [0.4, 0.5) is 15.8 Å². The number of amides is 2. The van der Waals surface area contributed by atoms with Gasteiger partial charge in [0.25, 0.3) is 11.8 Å². The Morgan fingerprint density at radius 1 is 1.09 bits per heavy atom. The highest BCUT2D eigenvalue weighted by atomic mass is 127. The van der Waals surface area contributed by atoms with E-state index in [-0.39, 0.29) is 12.5 Å². The molecule has 5 rings (SSSR count). The van der Waals surface area contributed by atoms with Crippen LogP contribution in [0, 0.1) is 9.39 Å². The molecule has 1 saturated heterocycles. The summed E-state index contributed by atoms with van der Waals surface area (Å²) in [5.41, 5.74) is 2.70. The number of carbonyl (C=O) groups excluding carboxylic acids is 2. The number of methoxy groups -OCH3 is 1. The van der Waals surface area contributed by atoms with Crippen molar-refractivity contribution in [2.24, 2.45) is 0 Å². The number of halogens is 4. The SMILES string of the molecule is COc1cc(/C=C2/SC(=S)N(c3cccc(C(=O)Nc4ccc(F)cc4)c3)C2=O)cc(I)c1OCc1ccc(Cl)cc1Cl. The normalized spacial score (nSPS) is 13.9. The van der Waals surface area contributed by atoms with Crippen LogP contribution in [0.3, 0.4) is 0 Å². The molecule has 0 radical (unpaired) electrons. The average molecular weight is 765 g/mol. The maximum Gasteiger partial charge on any atom is 0.270 e. The molecule has 0 unspecified atom stereocenters. The monoisotopic (exact) mass is 764 g/mol. The molecule has 0 bridgehead atoms. The molecule has 4 aromatic rings. The molecule has 1 aliphatic heterocycles. The minimum atomic E-state index is -0.406. The number of benzene rings is 4. The third-order valence-corrected chi connectivity index (χ3v) is 8.89. The van der Waals surface area contributed by atoms with Crippen molar-refractivity contribution in [1.29, 1.82) is 0 Å². The van der Waals surface area contributed by atoms with Gasteiger partial charge in [-0.1, -0.05) is 59.3 Å². The quantitative estimate of drug-likeness (QED) is 0.110. The topological polar surface area (TPSA) is 67.9 Å². The van der Waals surface area contributed by atoms with Gasteiger partial charge in [0.15, 0.2) is 15.8 Å². The number of hydrogen-bond donors (Lipinski definition) is 1. The standard InChI is InChI=1S/C31H20Cl2FIN2O4S2/c1-40-26-12-17(11-25(35)28(26)41-16-19-5-6-20(32)15-24(19)33)13-27-30(39)37(31(42)43-27)23-4-2-3-18(14-23)29(38)36-22-9-7-21(34)8-10-22/h2-15H,16H2,1H3,(H,36,38)/b27-13+. The number of carbonyl (C=O) groups is 2. The number of nitrogens with one attached hydrogen (secondary N) is 1. The van der Waals surface area contributed by atoms with E-state index in [1.54, 1.807) is 54.6 Å². The van der Waals surface area contributed by atoms with Crippen LogP contribution in [0.15, 0.2) is 83.8 Å². The Bertz CT molecular complexity index is 1790. The summed E-state index contributed by atoms with van der Waals surface area (Å²) in [6.07, 6.45) is 1.73. The van der Waals surface area contributed by atoms with E-state index in [0.29, 0.717) is 53.3 Å². The zero-order chi connectivity index (χ0) is 30.7. The molecule has 0 atom stereocenters. The Labute approximate surface area is 280 Å². The summed E-state index contributed by atoms with van der Waals surface area (Å²) >= 11 is 21.1. The number of ether oxygens (including phenoxy) is 2. The van der Waals surface area contributed by atoms with Crippen LogP contribution in [-0.2, 0) is 11.4 Å². The number of thioether (sulfide) groups is 1. The van der Waals surface area contributed by atoms with Crippen molar-refractivity contribution in [2.75, 3.05) is 17.3 Å². The van der Waals surface area contributed by atoms with Crippen LogP contribution in [0.25, 0.3) is 6.08 Å². The van der Waals surface area contributed by atoms with Crippen molar-refractivity contribution in [1.82, 2.24) is 0 Å². The number of rotatable bonds is 8. The van der Waals surface area contributed by atoms with Gasteiger partial charge in [0.2, 0.25) is 0 Å². The van der Waals surface area contributed by atoms with Crippen molar-refractivity contribution in [3.63, 3.8) is 0 Å². The fourth-order valence-corrected chi connectivity index (χ4v) is 6.66. The zero-order valence-electron chi connectivity index (χ0n) is 22.2. The molecule has 1 aliphatic rings. The molecule has 1 N–H and O–H groups in total. The van der Waals surface area contributed by atoms with Crippen LogP contribution in [-0.4, -0.2) is 23.2 Å². The first-order valence-electron chi connectivity index (χ1n) is 12.5. The second-order valence-electron chi connectivity index (χ2n) is 9.09. The van der Waals surface area contributed by atoms with E-state index < -0.39 is 11.7 Å². The van der Waals surface area contributed by atoms with Crippen molar-refractivity contribution in [3.05, 3.63) is 120 Å². The third kappa shape index (κ3) is 7.32. The lowest BCUT2D eigenvalue weighted by Gasteiger charge is -2.16. The van der Waals surface area contributed by atoms with Gasteiger partial charge in [-0.3, -0.25) is 14.5 Å². The molecule has 0 saturated carbocycles. The predicted octanol–water partition coefficient (Wildman–Crippen LogP) is 8.98. The number of thiocarbonyl (C=S) groups is 1. The molecular formula is C31H20Cl2FIN2O4S2. The molecule has 2 amide bonds. The van der Waals surface area contributed by atoms with E-state index in [1.165, 1.54) is 36.3 Å². The molecule has 0 spiro atoms. The number of hydrogen-bond acceptors (Lipinski definition) is 6. The fraction of sp³-hybridized carbons (Fsp3) is 0.0645. The van der Waals surface area contributed by atoms with Gasteiger partial charge in [-0.2, -0.15) is 0 Å². The Morgan fingerprint density at radius 3 is 2.58 bits per heavy atom. The first-order valence-corrected chi connectivity index (χ1v) is 15.6. The van der Waals surface area contributed by atoms with Crippen LogP contribution < -0.4 is 19.7 Å². The second-order valence-corrected chi connectivity index (χ2v) is 12.8. The summed E-state index contributed by atoms with van der Waals surface area (Å²) < 4.78 is 25.9. The highest BCUT2D eigenvalue weighted by Gasteiger charge is 2.33. The van der Waals surface area contributed by atoms with Crippen LogP contribution in [0.1, 0.15) is 21.5 Å². The van der Waals surface area contributed by atoms with Gasteiger partial charge < -0.3 is 14.8 Å². The molecule has 1 heterocycles. The average Bonchev–Trinajstić information content (AvgIpc) is 3.26. The van der Waals surface area contributed by atoms with Gasteiger partial charge in [0.1, 0.15) is 12.4 Å². The molecule has 1 fully saturated rings. The molecule has 0 aromatic heterocycles. The van der Waals surface area contributed by atoms with E-state index in [1.807, 2.05) is 6.07 Å². The molecule has 12 heteroatoms. The molecular weight excluding hydrogens is 745 g/mol. The predicted molar refractivity (Wildman–Crippen MR) is 183 cm³/mol. The molecule has 6 nitrogen and oxygen atoms in total. The minimum Gasteiger partial charge on any atom is -0.493 e. The van der Waals surface area contributed by atoms with Gasteiger partial charge in [0, 0.05) is 26.9 Å². The lowest BCUT2D eigenvalue weighted by atomic mass is 10.1. The lowest BCUT2D eigenvalue weighted by Crippen LogP contribution is -2.27. The Kier molecular flexibility index (Phi) is 9.92. The fourth-order valence-electron chi connectivity index (χ4n) is 4.12. The van der Waals surface area contributed by atoms with E-state index >= 15 is 0 Å². The van der Waals surface area contributed by atoms with Crippen molar-refractivity contribution >= 4 is 103 Å². The smallest absolute Gasteiger partial charge is 0.270 e. The molecule has 218 valence electrons. The van der Waals surface area contributed by atoms with E-state index in [0.717, 1.165) is 20.9 Å². The van der Waals surface area contributed by atoms with E-state index in [9.17, 15) is 14.0 Å². The molecule has 0 aliphatic carbocycles. The lowest BCUT2D eigenvalue weighted by molar-refractivity contribution is -0.113. The van der Waals surface area contributed by atoms with Gasteiger partial charge >= 0.3 is 0 Å². The largest absolute Gasteiger partial charge is 0.493 e. The first-order chi connectivity index (χ1) is 20.6. The van der Waals surface area contributed by atoms with Gasteiger partial charge in [-0.25, -0.2) is 4.39 Å². The highest BCUT2D eigenvalue weighted by Crippen LogP contribution is 2.39. The van der Waals surface area contributed by atoms with Crippen LogP contribution in [0.5, 0.6) is 11.5 Å². The van der Waals surface area contributed by atoms with Crippen molar-refractivity contribution in [2.45, 2.75) is 6.61 Å². The molecule has 43 heavy (non-hydrogen) atoms. The van der Waals surface area contributed by atoms with Crippen molar-refractivity contribution in [3.8, 4) is 11.5 Å². The maximum absolute atomic E-state index is 13.5. The Balaban J connectivity index is 1.34. The van der Waals surface area contributed by atoms with Gasteiger partial charge in [-0.15, -0.1) is 0 Å². The number of anilines is 2. The summed E-state index contributed by atoms with van der Waals surface area (Å²) in [5, 5.41) is 3.75. The van der Waals surface area contributed by atoms with Gasteiger partial charge in [0.05, 0.1) is 21.3 Å².